The van der Waals surface area contributed by atoms with Gasteiger partial charge in [-0.3, -0.25) is 4.79 Å². The monoisotopic (exact) mass is 234 g/mol. The number of carbonyl (C=O) groups is 1. The second-order valence-corrected chi connectivity index (χ2v) is 2.59. The first-order valence-corrected chi connectivity index (χ1v) is 3.95. The minimum absolute atomic E-state index is 0. The number of carboxylic acids is 1. The molecule has 11 heavy (non-hydrogen) atoms. The fraction of sp³-hybridized carbons (Fsp3) is 0.875. The van der Waals surface area contributed by atoms with Gasteiger partial charge in [0.05, 0.1) is 5.92 Å². The molecule has 0 saturated heterocycles. The molecule has 0 aromatic heterocycles. The summed E-state index contributed by atoms with van der Waals surface area (Å²) >= 11 is 0. The van der Waals surface area contributed by atoms with Gasteiger partial charge in [-0.2, -0.15) is 0 Å². The van der Waals surface area contributed by atoms with Gasteiger partial charge < -0.3 is 5.11 Å². The van der Waals surface area contributed by atoms with Crippen LogP contribution in [0.2, 0.25) is 0 Å². The molecule has 0 aromatic carbocycles. The molecule has 0 saturated carbocycles. The van der Waals surface area contributed by atoms with Gasteiger partial charge in [0.15, 0.2) is 0 Å². The van der Waals surface area contributed by atoms with E-state index in [2.05, 4.69) is 6.92 Å². The van der Waals surface area contributed by atoms with Crippen LogP contribution in [-0.4, -0.2) is 56.6 Å². The summed E-state index contributed by atoms with van der Waals surface area (Å²) in [6.45, 7) is 4.00. The van der Waals surface area contributed by atoms with Gasteiger partial charge in [0.2, 0.25) is 0 Å². The van der Waals surface area contributed by atoms with E-state index in [0.29, 0.717) is 0 Å². The van der Waals surface area contributed by atoms with E-state index in [1.54, 1.807) is 0 Å². The van der Waals surface area contributed by atoms with Gasteiger partial charge >= 0.3 is 51.5 Å². The van der Waals surface area contributed by atoms with Crippen molar-refractivity contribution in [3.05, 3.63) is 0 Å². The van der Waals surface area contributed by atoms with Crippen molar-refractivity contribution < 1.29 is 9.90 Å². The number of unbranched alkanes of at least 4 members (excludes halogenated alkanes) is 1. The van der Waals surface area contributed by atoms with Crippen LogP contribution in [0.3, 0.4) is 0 Å². The third-order valence-corrected chi connectivity index (χ3v) is 1.75. The zero-order chi connectivity index (χ0) is 7.98. The van der Waals surface area contributed by atoms with Crippen LogP contribution in [0.25, 0.3) is 0 Å². The maximum atomic E-state index is 10.4. The molecule has 0 aliphatic rings. The second kappa shape index (κ2) is 9.04. The van der Waals surface area contributed by atoms with E-state index in [9.17, 15) is 4.79 Å². The molecule has 0 radical (unpaired) electrons. The van der Waals surface area contributed by atoms with Crippen molar-refractivity contribution >= 4 is 51.5 Å². The molecule has 0 bridgehead atoms. The van der Waals surface area contributed by atoms with E-state index in [1.807, 2.05) is 6.92 Å². The van der Waals surface area contributed by atoms with E-state index in [-0.39, 0.29) is 51.4 Å². The molecule has 64 valence electrons. The number of aliphatic carboxylic acids is 1. The molecule has 0 rings (SSSR count). The Bertz CT molecular complexity index is 104. The van der Waals surface area contributed by atoms with Crippen molar-refractivity contribution in [3.8, 4) is 0 Å². The molecule has 0 aliphatic carbocycles. The Hall–Kier alpha value is 0.951. The summed E-state index contributed by atoms with van der Waals surface area (Å²) in [4.78, 5) is 10.4. The van der Waals surface area contributed by atoms with Gasteiger partial charge in [0.25, 0.3) is 0 Å². The molecule has 0 spiro atoms. The second-order valence-electron chi connectivity index (χ2n) is 2.59. The Morgan fingerprint density at radius 1 is 1.45 bits per heavy atom. The Morgan fingerprint density at radius 2 is 2.00 bits per heavy atom. The summed E-state index contributed by atoms with van der Waals surface area (Å²) in [7, 11) is 0. The first-order valence-electron chi connectivity index (χ1n) is 3.95. The Morgan fingerprint density at radius 3 is 2.27 bits per heavy atom. The van der Waals surface area contributed by atoms with Crippen molar-refractivity contribution in [1.82, 2.24) is 0 Å². The molecule has 2 nitrogen and oxygen atoms in total. The van der Waals surface area contributed by atoms with Gasteiger partial charge in [-0.05, 0) is 12.8 Å². The van der Waals surface area contributed by atoms with E-state index >= 15 is 0 Å². The van der Waals surface area contributed by atoms with E-state index < -0.39 is 5.97 Å². The van der Waals surface area contributed by atoms with Crippen LogP contribution >= 0.6 is 0 Å². The minimum atomic E-state index is -0.643. The molecular formula is C8H18O2Sr. The van der Waals surface area contributed by atoms with Crippen LogP contribution in [0.1, 0.15) is 39.5 Å². The van der Waals surface area contributed by atoms with Crippen LogP contribution in [0.15, 0.2) is 0 Å². The standard InChI is InChI=1S/C8H16O2.Sr.2H/c1-3-5-6-7(4-2)8(9)10;;;/h7H,3-6H2,1-2H3,(H,9,10);;;. The van der Waals surface area contributed by atoms with Crippen LogP contribution in [0.4, 0.5) is 0 Å². The van der Waals surface area contributed by atoms with Crippen molar-refractivity contribution in [3.63, 3.8) is 0 Å². The molecule has 0 heterocycles. The van der Waals surface area contributed by atoms with Gasteiger partial charge in [0.1, 0.15) is 0 Å². The van der Waals surface area contributed by atoms with Gasteiger partial charge in [-0.1, -0.05) is 26.7 Å². The third-order valence-electron chi connectivity index (χ3n) is 1.75. The molecule has 0 aliphatic heterocycles. The van der Waals surface area contributed by atoms with Gasteiger partial charge in [0, 0.05) is 0 Å². The summed E-state index contributed by atoms with van der Waals surface area (Å²) < 4.78 is 0. The molecule has 3 heteroatoms. The Labute approximate surface area is 106 Å². The van der Waals surface area contributed by atoms with Crippen molar-refractivity contribution in [2.75, 3.05) is 0 Å². The van der Waals surface area contributed by atoms with Crippen LogP contribution in [-0.2, 0) is 4.79 Å². The average molecular weight is 234 g/mol. The molecular weight excluding hydrogens is 216 g/mol. The summed E-state index contributed by atoms with van der Waals surface area (Å²) in [5.74, 6) is -0.754. The predicted molar refractivity (Wildman–Crippen MR) is 49.5 cm³/mol. The first-order chi connectivity index (χ1) is 4.72. The normalized spacial score (nSPS) is 11.8. The number of carboxylic acid groups (broad SMARTS) is 1. The van der Waals surface area contributed by atoms with Crippen LogP contribution in [0, 0.1) is 5.92 Å². The summed E-state index contributed by atoms with van der Waals surface area (Å²) in [6.07, 6.45) is 3.71. The summed E-state index contributed by atoms with van der Waals surface area (Å²) in [5.41, 5.74) is 0. The number of hydrogen-bond acceptors (Lipinski definition) is 1. The molecule has 0 fully saturated rings. The topological polar surface area (TPSA) is 37.3 Å². The Kier molecular flexibility index (Phi) is 11.9. The number of rotatable bonds is 5. The quantitative estimate of drug-likeness (QED) is 0.729. The van der Waals surface area contributed by atoms with E-state index in [0.717, 1.165) is 25.7 Å². The first kappa shape index (κ1) is 14.5. The van der Waals surface area contributed by atoms with Gasteiger partial charge in [-0.15, -0.1) is 0 Å². The van der Waals surface area contributed by atoms with Crippen molar-refractivity contribution in [2.24, 2.45) is 5.92 Å². The van der Waals surface area contributed by atoms with Crippen molar-refractivity contribution in [2.45, 2.75) is 39.5 Å². The summed E-state index contributed by atoms with van der Waals surface area (Å²) in [6, 6.07) is 0. The van der Waals surface area contributed by atoms with E-state index in [4.69, 9.17) is 5.11 Å². The van der Waals surface area contributed by atoms with Crippen LogP contribution in [0.5, 0.6) is 0 Å². The molecule has 0 aromatic rings. The molecule has 1 atom stereocenters. The predicted octanol–water partition coefficient (Wildman–Crippen LogP) is 1.37. The zero-order valence-electron chi connectivity index (χ0n) is 6.76. The Balaban J connectivity index is 0. The van der Waals surface area contributed by atoms with Crippen LogP contribution < -0.4 is 0 Å². The average Bonchev–Trinajstić information content (AvgIpc) is 1.89. The SMILES string of the molecule is CCCCC(CC)C(=O)O.[SrH2]. The number of hydrogen-bond donors (Lipinski definition) is 1. The maximum absolute atomic E-state index is 10.4. The fourth-order valence-electron chi connectivity index (χ4n) is 0.953. The summed E-state index contributed by atoms with van der Waals surface area (Å²) in [5, 5.41) is 8.60. The van der Waals surface area contributed by atoms with Gasteiger partial charge in [-0.25, -0.2) is 0 Å². The zero-order valence-corrected chi connectivity index (χ0v) is 6.76. The molecule has 0 amide bonds. The molecule has 1 N–H and O–H groups in total. The molecule has 1 unspecified atom stereocenters. The van der Waals surface area contributed by atoms with Crippen molar-refractivity contribution in [1.29, 1.82) is 0 Å². The fourth-order valence-corrected chi connectivity index (χ4v) is 0.953. The van der Waals surface area contributed by atoms with E-state index in [1.165, 1.54) is 0 Å². The third kappa shape index (κ3) is 7.32.